The van der Waals surface area contributed by atoms with Gasteiger partial charge in [-0.2, -0.15) is 0 Å². The Morgan fingerprint density at radius 1 is 1.32 bits per heavy atom. The number of hydrogen-bond donors (Lipinski definition) is 2. The molecule has 0 spiro atoms. The Kier molecular flexibility index (Phi) is 7.54. The van der Waals surface area contributed by atoms with E-state index in [-0.39, 0.29) is 37.9 Å². The average molecular weight is 356 g/mol. The standard InChI is InChI=1S/C17H28N2O6/c1-10(2)13(19-16(23)25-17(3,4)5)12(20)8-11-9-24-7-6-18-15(22)14(11)21/h10-11,13H,6-9H2,1-5H3,(H,18,22)(H,19,23). The number of amides is 2. The van der Waals surface area contributed by atoms with Gasteiger partial charge in [-0.1, -0.05) is 13.8 Å². The van der Waals surface area contributed by atoms with Gasteiger partial charge in [0.15, 0.2) is 5.78 Å². The van der Waals surface area contributed by atoms with Crippen molar-refractivity contribution in [3.05, 3.63) is 0 Å². The van der Waals surface area contributed by atoms with E-state index in [1.165, 1.54) is 0 Å². The Morgan fingerprint density at radius 2 is 1.96 bits per heavy atom. The van der Waals surface area contributed by atoms with Gasteiger partial charge in [-0.25, -0.2) is 4.79 Å². The van der Waals surface area contributed by atoms with Crippen LogP contribution in [-0.2, 0) is 23.9 Å². The van der Waals surface area contributed by atoms with Gasteiger partial charge < -0.3 is 20.1 Å². The molecule has 1 aliphatic rings. The Morgan fingerprint density at radius 3 is 2.52 bits per heavy atom. The SMILES string of the molecule is CC(C)C(NC(=O)OC(C)(C)C)C(=O)CC1COCCNC(=O)C1=O. The van der Waals surface area contributed by atoms with E-state index >= 15 is 0 Å². The number of nitrogens with one attached hydrogen (secondary N) is 2. The molecule has 2 N–H and O–H groups in total. The second-order valence-electron chi connectivity index (χ2n) is 7.43. The third-order valence-electron chi connectivity index (χ3n) is 3.58. The minimum Gasteiger partial charge on any atom is -0.444 e. The van der Waals surface area contributed by atoms with E-state index in [4.69, 9.17) is 9.47 Å². The number of ether oxygens (including phenoxy) is 2. The van der Waals surface area contributed by atoms with Crippen LogP contribution in [0.25, 0.3) is 0 Å². The van der Waals surface area contributed by atoms with Crippen LogP contribution in [0, 0.1) is 11.8 Å². The molecule has 142 valence electrons. The van der Waals surface area contributed by atoms with Crippen molar-refractivity contribution in [2.45, 2.75) is 52.7 Å². The molecule has 0 bridgehead atoms. The summed E-state index contributed by atoms with van der Waals surface area (Å²) in [5, 5.41) is 4.99. The molecule has 0 saturated carbocycles. The number of carbonyl (C=O) groups excluding carboxylic acids is 4. The second-order valence-corrected chi connectivity index (χ2v) is 7.43. The fourth-order valence-electron chi connectivity index (χ4n) is 2.39. The summed E-state index contributed by atoms with van der Waals surface area (Å²) in [7, 11) is 0. The van der Waals surface area contributed by atoms with Crippen LogP contribution in [0.15, 0.2) is 0 Å². The van der Waals surface area contributed by atoms with Gasteiger partial charge in [0.25, 0.3) is 5.91 Å². The van der Waals surface area contributed by atoms with Gasteiger partial charge in [-0.3, -0.25) is 14.4 Å². The molecule has 0 aromatic heterocycles. The number of hydrogen-bond acceptors (Lipinski definition) is 6. The van der Waals surface area contributed by atoms with E-state index in [1.807, 2.05) is 0 Å². The topological polar surface area (TPSA) is 111 Å². The van der Waals surface area contributed by atoms with Crippen molar-refractivity contribution in [2.24, 2.45) is 11.8 Å². The minimum absolute atomic E-state index is 0.00917. The Balaban J connectivity index is 2.76. The van der Waals surface area contributed by atoms with Gasteiger partial charge in [0.2, 0.25) is 5.78 Å². The van der Waals surface area contributed by atoms with E-state index in [0.29, 0.717) is 0 Å². The molecule has 2 atom stereocenters. The monoisotopic (exact) mass is 356 g/mol. The lowest BCUT2D eigenvalue weighted by Crippen LogP contribution is -2.48. The maximum Gasteiger partial charge on any atom is 0.408 e. The van der Waals surface area contributed by atoms with E-state index in [9.17, 15) is 19.2 Å². The number of Topliss-reactive ketones (excluding diaryl/α,β-unsaturated/α-hetero) is 2. The Hall–Kier alpha value is -1.96. The van der Waals surface area contributed by atoms with E-state index in [2.05, 4.69) is 10.6 Å². The molecule has 8 nitrogen and oxygen atoms in total. The molecule has 0 aromatic rings. The molecule has 0 aliphatic carbocycles. The lowest BCUT2D eigenvalue weighted by Gasteiger charge is -2.26. The first-order valence-electron chi connectivity index (χ1n) is 8.43. The second kappa shape index (κ2) is 8.94. The molecule has 1 heterocycles. The lowest BCUT2D eigenvalue weighted by atomic mass is 9.90. The zero-order chi connectivity index (χ0) is 19.2. The highest BCUT2D eigenvalue weighted by Crippen LogP contribution is 2.15. The third-order valence-corrected chi connectivity index (χ3v) is 3.58. The van der Waals surface area contributed by atoms with Gasteiger partial charge in [0, 0.05) is 13.0 Å². The van der Waals surface area contributed by atoms with E-state index < -0.39 is 35.3 Å². The summed E-state index contributed by atoms with van der Waals surface area (Å²) in [5.41, 5.74) is -0.684. The van der Waals surface area contributed by atoms with Gasteiger partial charge in [0.05, 0.1) is 25.2 Å². The minimum atomic E-state index is -0.852. The summed E-state index contributed by atoms with van der Waals surface area (Å²) in [6.45, 7) is 9.29. The molecule has 25 heavy (non-hydrogen) atoms. The molecule has 1 saturated heterocycles. The number of rotatable bonds is 5. The van der Waals surface area contributed by atoms with Crippen molar-refractivity contribution in [3.63, 3.8) is 0 Å². The van der Waals surface area contributed by atoms with Crippen molar-refractivity contribution in [2.75, 3.05) is 19.8 Å². The van der Waals surface area contributed by atoms with Crippen molar-refractivity contribution >= 4 is 23.6 Å². The van der Waals surface area contributed by atoms with Crippen molar-refractivity contribution in [3.8, 4) is 0 Å². The van der Waals surface area contributed by atoms with Crippen LogP contribution < -0.4 is 10.6 Å². The largest absolute Gasteiger partial charge is 0.444 e. The first kappa shape index (κ1) is 21.1. The molecular formula is C17H28N2O6. The predicted octanol–water partition coefficient (Wildman–Crippen LogP) is 0.827. The van der Waals surface area contributed by atoms with Crippen molar-refractivity contribution in [1.29, 1.82) is 0 Å². The summed E-state index contributed by atoms with van der Waals surface area (Å²) in [4.78, 5) is 48.3. The molecular weight excluding hydrogens is 328 g/mol. The summed E-state index contributed by atoms with van der Waals surface area (Å²) in [6, 6.07) is -0.809. The average Bonchev–Trinajstić information content (AvgIpc) is 2.46. The Bertz CT molecular complexity index is 524. The fourth-order valence-corrected chi connectivity index (χ4v) is 2.39. The van der Waals surface area contributed by atoms with Crippen LogP contribution in [0.2, 0.25) is 0 Å². The Labute approximate surface area is 148 Å². The van der Waals surface area contributed by atoms with E-state index in [0.717, 1.165) is 0 Å². The molecule has 0 aromatic carbocycles. The highest BCUT2D eigenvalue weighted by molar-refractivity contribution is 6.37. The van der Waals surface area contributed by atoms with Crippen LogP contribution >= 0.6 is 0 Å². The first-order chi connectivity index (χ1) is 11.5. The van der Waals surface area contributed by atoms with Crippen LogP contribution in [0.5, 0.6) is 0 Å². The predicted molar refractivity (Wildman–Crippen MR) is 89.9 cm³/mol. The maximum atomic E-state index is 12.6. The maximum absolute atomic E-state index is 12.6. The first-order valence-corrected chi connectivity index (χ1v) is 8.43. The number of ketones is 2. The fraction of sp³-hybridized carbons (Fsp3) is 0.765. The van der Waals surface area contributed by atoms with Crippen LogP contribution in [0.4, 0.5) is 4.79 Å². The molecule has 1 fully saturated rings. The number of alkyl carbamates (subject to hydrolysis) is 1. The molecule has 2 amide bonds. The zero-order valence-electron chi connectivity index (χ0n) is 15.5. The van der Waals surface area contributed by atoms with E-state index in [1.54, 1.807) is 34.6 Å². The summed E-state index contributed by atoms with van der Waals surface area (Å²) in [6.07, 6.45) is -0.872. The summed E-state index contributed by atoms with van der Waals surface area (Å²) in [5.74, 6) is -2.76. The summed E-state index contributed by atoms with van der Waals surface area (Å²) < 4.78 is 10.5. The van der Waals surface area contributed by atoms with Gasteiger partial charge in [-0.15, -0.1) is 0 Å². The molecule has 1 aliphatic heterocycles. The highest BCUT2D eigenvalue weighted by Gasteiger charge is 2.33. The van der Waals surface area contributed by atoms with Gasteiger partial charge >= 0.3 is 6.09 Å². The number of carbonyl (C=O) groups is 4. The summed E-state index contributed by atoms with van der Waals surface area (Å²) >= 11 is 0. The van der Waals surface area contributed by atoms with Crippen molar-refractivity contribution < 1.29 is 28.7 Å². The quantitative estimate of drug-likeness (QED) is 0.706. The smallest absolute Gasteiger partial charge is 0.408 e. The normalized spacial score (nSPS) is 20.3. The van der Waals surface area contributed by atoms with Crippen LogP contribution in [0.3, 0.4) is 0 Å². The van der Waals surface area contributed by atoms with Gasteiger partial charge in [0.1, 0.15) is 5.60 Å². The zero-order valence-corrected chi connectivity index (χ0v) is 15.5. The van der Waals surface area contributed by atoms with Gasteiger partial charge in [-0.05, 0) is 26.7 Å². The van der Waals surface area contributed by atoms with Crippen LogP contribution in [-0.4, -0.2) is 55.0 Å². The molecule has 2 unspecified atom stereocenters. The molecule has 8 heteroatoms. The third kappa shape index (κ3) is 7.21. The highest BCUT2D eigenvalue weighted by atomic mass is 16.6. The van der Waals surface area contributed by atoms with Crippen LogP contribution in [0.1, 0.15) is 41.0 Å². The molecule has 1 rings (SSSR count). The van der Waals surface area contributed by atoms with Crippen molar-refractivity contribution in [1.82, 2.24) is 10.6 Å². The lowest BCUT2D eigenvalue weighted by molar-refractivity contribution is -0.144. The molecule has 0 radical (unpaired) electrons.